The van der Waals surface area contributed by atoms with E-state index in [2.05, 4.69) is 49.0 Å². The summed E-state index contributed by atoms with van der Waals surface area (Å²) in [6.07, 6.45) is 4.90. The van der Waals surface area contributed by atoms with Crippen molar-refractivity contribution in [2.75, 3.05) is 6.54 Å². The van der Waals surface area contributed by atoms with Crippen molar-refractivity contribution in [1.82, 2.24) is 4.90 Å². The van der Waals surface area contributed by atoms with Gasteiger partial charge in [-0.05, 0) is 56.4 Å². The van der Waals surface area contributed by atoms with Gasteiger partial charge in [-0.2, -0.15) is 0 Å². The molecule has 2 aromatic rings. The number of carbonyl (C=O) groups excluding carboxylic acids is 1. The topological polar surface area (TPSA) is 29.5 Å². The molecule has 0 aliphatic carbocycles. The number of ether oxygens (including phenoxy) is 1. The van der Waals surface area contributed by atoms with Gasteiger partial charge in [0.25, 0.3) is 0 Å². The fourth-order valence-electron chi connectivity index (χ4n) is 3.91. The highest BCUT2D eigenvalue weighted by molar-refractivity contribution is 5.86. The van der Waals surface area contributed by atoms with Gasteiger partial charge >= 0.3 is 6.09 Å². The van der Waals surface area contributed by atoms with Gasteiger partial charge in [0.1, 0.15) is 5.60 Å². The summed E-state index contributed by atoms with van der Waals surface area (Å²) < 4.78 is 5.68. The Morgan fingerprint density at radius 3 is 2.65 bits per heavy atom. The van der Waals surface area contributed by atoms with E-state index in [1.807, 2.05) is 31.7 Å². The summed E-state index contributed by atoms with van der Waals surface area (Å²) in [6.45, 7) is 10.6. The Labute approximate surface area is 156 Å². The fraction of sp³-hybridized carbons (Fsp3) is 0.435. The quantitative estimate of drug-likeness (QED) is 0.644. The molecule has 2 aromatic carbocycles. The Kier molecular flexibility index (Phi) is 5.36. The second kappa shape index (κ2) is 7.53. The average molecular weight is 351 g/mol. The Hall–Kier alpha value is -2.29. The standard InChI is InChI=1S/C23H29NO2/c1-5-18(20-14-10-12-17-11-6-7-13-19(17)20)21-15-8-9-16-24(21)22(25)26-23(2,3)4/h5-7,10-14,18,21H,1,8-9,15-16H2,2-4H3. The monoisotopic (exact) mass is 351 g/mol. The maximum Gasteiger partial charge on any atom is 0.410 e. The molecule has 1 aliphatic heterocycles. The molecule has 3 rings (SSSR count). The predicted octanol–water partition coefficient (Wildman–Crippen LogP) is 5.90. The summed E-state index contributed by atoms with van der Waals surface area (Å²) in [5.74, 6) is 0.0916. The third-order valence-corrected chi connectivity index (χ3v) is 5.03. The molecule has 0 bridgehead atoms. The molecule has 1 amide bonds. The zero-order valence-electron chi connectivity index (χ0n) is 16.1. The van der Waals surface area contributed by atoms with E-state index in [9.17, 15) is 4.79 Å². The van der Waals surface area contributed by atoms with E-state index < -0.39 is 5.60 Å². The largest absolute Gasteiger partial charge is 0.444 e. The minimum atomic E-state index is -0.484. The molecule has 0 aromatic heterocycles. The summed E-state index contributed by atoms with van der Waals surface area (Å²) in [4.78, 5) is 14.7. The summed E-state index contributed by atoms with van der Waals surface area (Å²) in [5, 5.41) is 2.45. The smallest absolute Gasteiger partial charge is 0.410 e. The van der Waals surface area contributed by atoms with Crippen LogP contribution in [0.4, 0.5) is 4.79 Å². The molecule has 0 saturated carbocycles. The van der Waals surface area contributed by atoms with E-state index in [1.165, 1.54) is 16.3 Å². The van der Waals surface area contributed by atoms with E-state index in [0.29, 0.717) is 0 Å². The highest BCUT2D eigenvalue weighted by atomic mass is 16.6. The van der Waals surface area contributed by atoms with Crippen molar-refractivity contribution in [3.8, 4) is 0 Å². The van der Waals surface area contributed by atoms with Gasteiger partial charge in [-0.25, -0.2) is 4.79 Å². The van der Waals surface area contributed by atoms with Gasteiger partial charge < -0.3 is 9.64 Å². The van der Waals surface area contributed by atoms with Gasteiger partial charge in [0.05, 0.1) is 0 Å². The number of fused-ring (bicyclic) bond motifs is 1. The lowest BCUT2D eigenvalue weighted by atomic mass is 9.83. The van der Waals surface area contributed by atoms with Crippen LogP contribution in [0.15, 0.2) is 55.1 Å². The molecular formula is C23H29NO2. The number of amides is 1. The SMILES string of the molecule is C=CC(c1cccc2ccccc12)C1CCCCN1C(=O)OC(C)(C)C. The first-order valence-electron chi connectivity index (χ1n) is 9.50. The molecule has 26 heavy (non-hydrogen) atoms. The van der Waals surface area contributed by atoms with Crippen LogP contribution in [-0.2, 0) is 4.74 Å². The molecule has 2 atom stereocenters. The number of carbonyl (C=O) groups is 1. The van der Waals surface area contributed by atoms with Crippen molar-refractivity contribution in [3.63, 3.8) is 0 Å². The van der Waals surface area contributed by atoms with Crippen molar-refractivity contribution >= 4 is 16.9 Å². The van der Waals surface area contributed by atoms with Gasteiger partial charge in [0, 0.05) is 18.5 Å². The van der Waals surface area contributed by atoms with E-state index >= 15 is 0 Å². The lowest BCUT2D eigenvalue weighted by Gasteiger charge is -2.40. The molecule has 2 unspecified atom stereocenters. The second-order valence-corrected chi connectivity index (χ2v) is 8.07. The third-order valence-electron chi connectivity index (χ3n) is 5.03. The van der Waals surface area contributed by atoms with Crippen LogP contribution >= 0.6 is 0 Å². The molecule has 0 N–H and O–H groups in total. The lowest BCUT2D eigenvalue weighted by molar-refractivity contribution is 0.00820. The van der Waals surface area contributed by atoms with Crippen LogP contribution in [0.2, 0.25) is 0 Å². The van der Waals surface area contributed by atoms with Gasteiger partial charge in [-0.1, -0.05) is 48.5 Å². The summed E-state index contributed by atoms with van der Waals surface area (Å²) in [6, 6.07) is 14.9. The number of hydrogen-bond donors (Lipinski definition) is 0. The summed E-state index contributed by atoms with van der Waals surface area (Å²) in [5.41, 5.74) is 0.751. The van der Waals surface area contributed by atoms with Crippen LogP contribution < -0.4 is 0 Å². The molecule has 3 heteroatoms. The maximum atomic E-state index is 12.8. The molecule has 1 saturated heterocycles. The maximum absolute atomic E-state index is 12.8. The van der Waals surface area contributed by atoms with Crippen molar-refractivity contribution in [2.24, 2.45) is 0 Å². The Bertz CT molecular complexity index is 785. The molecule has 138 valence electrons. The fourth-order valence-corrected chi connectivity index (χ4v) is 3.91. The number of nitrogens with zero attached hydrogens (tertiary/aromatic N) is 1. The molecule has 1 aliphatic rings. The highest BCUT2D eigenvalue weighted by Gasteiger charge is 2.35. The first-order chi connectivity index (χ1) is 12.4. The van der Waals surface area contributed by atoms with Gasteiger partial charge in [-0.15, -0.1) is 6.58 Å². The van der Waals surface area contributed by atoms with E-state index in [1.54, 1.807) is 0 Å². The predicted molar refractivity (Wildman–Crippen MR) is 107 cm³/mol. The number of benzene rings is 2. The highest BCUT2D eigenvalue weighted by Crippen LogP contribution is 2.35. The Morgan fingerprint density at radius 2 is 1.92 bits per heavy atom. The molecule has 3 nitrogen and oxygen atoms in total. The van der Waals surface area contributed by atoms with Crippen LogP contribution in [0.5, 0.6) is 0 Å². The summed E-state index contributed by atoms with van der Waals surface area (Å²) >= 11 is 0. The van der Waals surface area contributed by atoms with Crippen molar-refractivity contribution in [3.05, 3.63) is 60.7 Å². The van der Waals surface area contributed by atoms with Crippen molar-refractivity contribution in [2.45, 2.75) is 57.6 Å². The molecular weight excluding hydrogens is 322 g/mol. The van der Waals surface area contributed by atoms with Crippen LogP contribution in [0, 0.1) is 0 Å². The van der Waals surface area contributed by atoms with Crippen LogP contribution in [0.3, 0.4) is 0 Å². The van der Waals surface area contributed by atoms with E-state index in [4.69, 9.17) is 4.74 Å². The number of rotatable bonds is 3. The average Bonchev–Trinajstić information content (AvgIpc) is 2.61. The first kappa shape index (κ1) is 18.5. The van der Waals surface area contributed by atoms with Crippen LogP contribution in [0.25, 0.3) is 10.8 Å². The Balaban J connectivity index is 1.96. The minimum absolute atomic E-state index is 0.0851. The van der Waals surface area contributed by atoms with E-state index in [-0.39, 0.29) is 18.1 Å². The van der Waals surface area contributed by atoms with Crippen molar-refractivity contribution in [1.29, 1.82) is 0 Å². The molecule has 1 heterocycles. The van der Waals surface area contributed by atoms with Crippen LogP contribution in [-0.4, -0.2) is 29.2 Å². The van der Waals surface area contributed by atoms with E-state index in [0.717, 1.165) is 25.8 Å². The second-order valence-electron chi connectivity index (χ2n) is 8.07. The summed E-state index contributed by atoms with van der Waals surface area (Å²) in [7, 11) is 0. The van der Waals surface area contributed by atoms with Gasteiger partial charge in [0.2, 0.25) is 0 Å². The van der Waals surface area contributed by atoms with Crippen molar-refractivity contribution < 1.29 is 9.53 Å². The molecule has 0 radical (unpaired) electrons. The van der Waals surface area contributed by atoms with Gasteiger partial charge in [-0.3, -0.25) is 0 Å². The number of likely N-dealkylation sites (tertiary alicyclic amines) is 1. The third kappa shape index (κ3) is 3.92. The normalized spacial score (nSPS) is 19.2. The zero-order chi connectivity index (χ0) is 18.7. The Morgan fingerprint density at radius 1 is 1.19 bits per heavy atom. The number of piperidine rings is 1. The molecule has 1 fully saturated rings. The number of hydrogen-bond acceptors (Lipinski definition) is 2. The first-order valence-corrected chi connectivity index (χ1v) is 9.50. The van der Waals surface area contributed by atoms with Crippen LogP contribution in [0.1, 0.15) is 51.5 Å². The zero-order valence-corrected chi connectivity index (χ0v) is 16.1. The molecule has 0 spiro atoms. The minimum Gasteiger partial charge on any atom is -0.444 e. The van der Waals surface area contributed by atoms with Gasteiger partial charge in [0.15, 0.2) is 0 Å². The lowest BCUT2D eigenvalue weighted by Crippen LogP contribution is -2.48.